The molecule has 0 spiro atoms. The van der Waals surface area contributed by atoms with E-state index in [1.807, 2.05) is 27.7 Å². The fraction of sp³-hybridized carbons (Fsp3) is 0.571. The summed E-state index contributed by atoms with van der Waals surface area (Å²) in [6, 6.07) is 2.86. The van der Waals surface area contributed by atoms with Crippen molar-refractivity contribution in [3.05, 3.63) is 23.0 Å². The molecule has 106 valence electrons. The number of hydrogen-bond donors (Lipinski definition) is 1. The first-order valence-corrected chi connectivity index (χ1v) is 6.67. The van der Waals surface area contributed by atoms with Crippen LogP contribution in [0.2, 0.25) is 5.02 Å². The van der Waals surface area contributed by atoms with E-state index < -0.39 is 5.82 Å². The lowest BCUT2D eigenvalue weighted by molar-refractivity contribution is -0.133. The maximum Gasteiger partial charge on any atom is 0.144 e. The summed E-state index contributed by atoms with van der Waals surface area (Å²) in [4.78, 5) is 2.05. The number of nitrogen functional groups attached to an aromatic ring is 1. The van der Waals surface area contributed by atoms with Gasteiger partial charge in [-0.2, -0.15) is 0 Å². The SMILES string of the molecule is CC1(C)CN(c2cc(F)c(Cl)cc2N)CC(C)(C)O1. The lowest BCUT2D eigenvalue weighted by Crippen LogP contribution is -2.57. The molecule has 3 nitrogen and oxygen atoms in total. The minimum Gasteiger partial charge on any atom is -0.397 e. The molecular weight excluding hydrogens is 267 g/mol. The Morgan fingerprint density at radius 1 is 1.21 bits per heavy atom. The van der Waals surface area contributed by atoms with Crippen LogP contribution in [0.5, 0.6) is 0 Å². The zero-order valence-corrected chi connectivity index (χ0v) is 12.5. The van der Waals surface area contributed by atoms with Gasteiger partial charge in [-0.3, -0.25) is 0 Å². The third-order valence-corrected chi connectivity index (χ3v) is 3.40. The Labute approximate surface area is 118 Å². The van der Waals surface area contributed by atoms with E-state index >= 15 is 0 Å². The number of halogens is 2. The first-order valence-electron chi connectivity index (χ1n) is 6.29. The van der Waals surface area contributed by atoms with E-state index in [-0.39, 0.29) is 16.2 Å². The third kappa shape index (κ3) is 3.12. The quantitative estimate of drug-likeness (QED) is 0.804. The minimum absolute atomic E-state index is 0.0491. The van der Waals surface area contributed by atoms with Crippen molar-refractivity contribution in [2.45, 2.75) is 38.9 Å². The highest BCUT2D eigenvalue weighted by Gasteiger charge is 2.38. The first kappa shape index (κ1) is 14.4. The molecule has 2 N–H and O–H groups in total. The molecule has 0 bridgehead atoms. The van der Waals surface area contributed by atoms with Crippen LogP contribution in [0, 0.1) is 5.82 Å². The fourth-order valence-electron chi connectivity index (χ4n) is 2.78. The van der Waals surface area contributed by atoms with E-state index in [4.69, 9.17) is 22.1 Å². The highest BCUT2D eigenvalue weighted by molar-refractivity contribution is 6.31. The molecule has 1 aliphatic rings. The second-order valence-electron chi connectivity index (χ2n) is 6.30. The molecule has 1 heterocycles. The molecule has 2 rings (SSSR count). The van der Waals surface area contributed by atoms with Crippen LogP contribution in [-0.2, 0) is 4.74 Å². The molecule has 0 radical (unpaired) electrons. The second kappa shape index (κ2) is 4.53. The van der Waals surface area contributed by atoms with Gasteiger partial charge in [0.1, 0.15) is 5.82 Å². The Bertz CT molecular complexity index is 486. The normalized spacial score (nSPS) is 21.5. The van der Waals surface area contributed by atoms with Gasteiger partial charge in [-0.05, 0) is 33.8 Å². The Balaban J connectivity index is 2.39. The average Bonchev–Trinajstić information content (AvgIpc) is 2.18. The monoisotopic (exact) mass is 286 g/mol. The molecular formula is C14H20ClFN2O. The standard InChI is InChI=1S/C14H20ClFN2O/c1-13(2)7-18(8-14(3,4)19-13)12-6-10(16)9(15)5-11(12)17/h5-6H,7-8,17H2,1-4H3. The van der Waals surface area contributed by atoms with Gasteiger partial charge in [0.25, 0.3) is 0 Å². The van der Waals surface area contributed by atoms with E-state index in [9.17, 15) is 4.39 Å². The van der Waals surface area contributed by atoms with Crippen molar-refractivity contribution in [1.82, 2.24) is 0 Å². The second-order valence-corrected chi connectivity index (χ2v) is 6.71. The number of benzene rings is 1. The first-order chi connectivity index (χ1) is 8.60. The summed E-state index contributed by atoms with van der Waals surface area (Å²) in [5, 5.41) is 0.0491. The Morgan fingerprint density at radius 3 is 2.26 bits per heavy atom. The number of nitrogens with two attached hydrogens (primary N) is 1. The molecule has 0 saturated carbocycles. The number of hydrogen-bond acceptors (Lipinski definition) is 3. The van der Waals surface area contributed by atoms with Crippen molar-refractivity contribution in [3.8, 4) is 0 Å². The Hall–Kier alpha value is -1.00. The van der Waals surface area contributed by atoms with Gasteiger partial charge in [0.15, 0.2) is 0 Å². The van der Waals surface area contributed by atoms with Gasteiger partial charge in [0.2, 0.25) is 0 Å². The van der Waals surface area contributed by atoms with Crippen LogP contribution in [0.3, 0.4) is 0 Å². The number of ether oxygens (including phenoxy) is 1. The number of morpholine rings is 1. The predicted octanol–water partition coefficient (Wildman–Crippen LogP) is 3.46. The zero-order valence-electron chi connectivity index (χ0n) is 11.8. The summed E-state index contributed by atoms with van der Waals surface area (Å²) in [6.45, 7) is 9.38. The summed E-state index contributed by atoms with van der Waals surface area (Å²) in [6.07, 6.45) is 0. The molecule has 0 atom stereocenters. The predicted molar refractivity (Wildman–Crippen MR) is 77.3 cm³/mol. The number of anilines is 2. The lowest BCUT2D eigenvalue weighted by Gasteiger charge is -2.48. The van der Waals surface area contributed by atoms with Gasteiger partial charge in [0, 0.05) is 19.2 Å². The van der Waals surface area contributed by atoms with E-state index in [0.29, 0.717) is 24.5 Å². The van der Waals surface area contributed by atoms with Gasteiger partial charge in [0.05, 0.1) is 27.6 Å². The minimum atomic E-state index is -0.451. The number of rotatable bonds is 1. The largest absolute Gasteiger partial charge is 0.397 e. The molecule has 1 saturated heterocycles. The highest BCUT2D eigenvalue weighted by atomic mass is 35.5. The van der Waals surface area contributed by atoms with Crippen LogP contribution < -0.4 is 10.6 Å². The van der Waals surface area contributed by atoms with E-state index in [0.717, 1.165) is 0 Å². The van der Waals surface area contributed by atoms with Crippen molar-refractivity contribution in [1.29, 1.82) is 0 Å². The van der Waals surface area contributed by atoms with Gasteiger partial charge in [-0.1, -0.05) is 11.6 Å². The van der Waals surface area contributed by atoms with E-state index in [1.165, 1.54) is 12.1 Å². The lowest BCUT2D eigenvalue weighted by atomic mass is 9.98. The van der Waals surface area contributed by atoms with Crippen molar-refractivity contribution >= 4 is 23.0 Å². The van der Waals surface area contributed by atoms with Gasteiger partial charge in [-0.15, -0.1) is 0 Å². The maximum atomic E-state index is 13.7. The molecule has 1 fully saturated rings. The van der Waals surface area contributed by atoms with Crippen molar-refractivity contribution in [3.63, 3.8) is 0 Å². The van der Waals surface area contributed by atoms with Crippen molar-refractivity contribution in [2.24, 2.45) is 0 Å². The summed E-state index contributed by atoms with van der Waals surface area (Å²) in [5.74, 6) is -0.451. The van der Waals surface area contributed by atoms with Crippen LogP contribution in [0.1, 0.15) is 27.7 Å². The zero-order chi connectivity index (χ0) is 14.4. The average molecular weight is 287 g/mol. The molecule has 1 aromatic carbocycles. The van der Waals surface area contributed by atoms with Gasteiger partial charge in [-0.25, -0.2) is 4.39 Å². The third-order valence-electron chi connectivity index (χ3n) is 3.11. The molecule has 1 aliphatic heterocycles. The molecule has 5 heteroatoms. The summed E-state index contributed by atoms with van der Waals surface area (Å²) >= 11 is 5.74. The molecule has 0 unspecified atom stereocenters. The molecule has 0 amide bonds. The van der Waals surface area contributed by atoms with Gasteiger partial charge < -0.3 is 15.4 Å². The highest BCUT2D eigenvalue weighted by Crippen LogP contribution is 2.35. The van der Waals surface area contributed by atoms with Gasteiger partial charge >= 0.3 is 0 Å². The van der Waals surface area contributed by atoms with Crippen molar-refractivity contribution < 1.29 is 9.13 Å². The smallest absolute Gasteiger partial charge is 0.144 e. The molecule has 19 heavy (non-hydrogen) atoms. The van der Waals surface area contributed by atoms with Crippen LogP contribution >= 0.6 is 11.6 Å². The maximum absolute atomic E-state index is 13.7. The Kier molecular flexibility index (Phi) is 3.43. The fourth-order valence-corrected chi connectivity index (χ4v) is 2.96. The van der Waals surface area contributed by atoms with Crippen LogP contribution in [0.25, 0.3) is 0 Å². The number of nitrogens with zero attached hydrogens (tertiary/aromatic N) is 1. The van der Waals surface area contributed by atoms with E-state index in [2.05, 4.69) is 4.90 Å². The molecule has 1 aromatic rings. The topological polar surface area (TPSA) is 38.5 Å². The molecule has 0 aromatic heterocycles. The summed E-state index contributed by atoms with van der Waals surface area (Å²) in [5.41, 5.74) is 6.49. The molecule has 0 aliphatic carbocycles. The Morgan fingerprint density at radius 2 is 1.74 bits per heavy atom. The summed E-state index contributed by atoms with van der Waals surface area (Å²) < 4.78 is 19.7. The van der Waals surface area contributed by atoms with Crippen LogP contribution in [0.4, 0.5) is 15.8 Å². The summed E-state index contributed by atoms with van der Waals surface area (Å²) in [7, 11) is 0. The van der Waals surface area contributed by atoms with Crippen LogP contribution in [-0.4, -0.2) is 24.3 Å². The van der Waals surface area contributed by atoms with Crippen LogP contribution in [0.15, 0.2) is 12.1 Å². The van der Waals surface area contributed by atoms with Crippen molar-refractivity contribution in [2.75, 3.05) is 23.7 Å². The van der Waals surface area contributed by atoms with E-state index in [1.54, 1.807) is 0 Å².